The molecule has 0 amide bonds. The second kappa shape index (κ2) is 8.48. The summed E-state index contributed by atoms with van der Waals surface area (Å²) in [5.74, 6) is 1.99. The van der Waals surface area contributed by atoms with E-state index < -0.39 is 6.23 Å². The molecule has 0 fully saturated rings. The van der Waals surface area contributed by atoms with Crippen molar-refractivity contribution in [2.24, 2.45) is 5.10 Å². The van der Waals surface area contributed by atoms with Crippen LogP contribution in [0, 0.1) is 5.82 Å². The Hall–Kier alpha value is -3.45. The number of halogens is 2. The maximum absolute atomic E-state index is 13.5. The van der Waals surface area contributed by atoms with E-state index in [1.54, 1.807) is 39.5 Å². The molecule has 3 aromatic carbocycles. The molecule has 33 heavy (non-hydrogen) atoms. The van der Waals surface area contributed by atoms with Crippen molar-refractivity contribution in [2.45, 2.75) is 18.7 Å². The van der Waals surface area contributed by atoms with E-state index in [0.29, 0.717) is 28.7 Å². The average molecular weight is 469 g/mol. The van der Waals surface area contributed by atoms with Crippen LogP contribution in [-0.2, 0) is 0 Å². The first-order valence-electron chi connectivity index (χ1n) is 10.4. The molecule has 8 heteroatoms. The van der Waals surface area contributed by atoms with Gasteiger partial charge in [0.25, 0.3) is 0 Å². The van der Waals surface area contributed by atoms with Gasteiger partial charge >= 0.3 is 0 Å². The summed E-state index contributed by atoms with van der Waals surface area (Å²) >= 11 is 6.30. The molecular formula is C25H22ClFN2O4. The fourth-order valence-corrected chi connectivity index (χ4v) is 4.52. The Kier molecular flexibility index (Phi) is 5.50. The normalized spacial score (nSPS) is 18.7. The first-order valence-corrected chi connectivity index (χ1v) is 10.8. The Morgan fingerprint density at radius 1 is 0.970 bits per heavy atom. The molecule has 2 aliphatic heterocycles. The highest BCUT2D eigenvalue weighted by Gasteiger charge is 2.41. The van der Waals surface area contributed by atoms with E-state index in [1.165, 1.54) is 12.1 Å². The second-order valence-corrected chi connectivity index (χ2v) is 8.20. The van der Waals surface area contributed by atoms with E-state index in [1.807, 2.05) is 29.3 Å². The third kappa shape index (κ3) is 3.72. The summed E-state index contributed by atoms with van der Waals surface area (Å²) in [4.78, 5) is 0. The Balaban J connectivity index is 1.63. The summed E-state index contributed by atoms with van der Waals surface area (Å²) < 4.78 is 36.4. The second-order valence-electron chi connectivity index (χ2n) is 7.76. The van der Waals surface area contributed by atoms with Crippen molar-refractivity contribution in [1.82, 2.24) is 5.01 Å². The number of hydrazone groups is 1. The average Bonchev–Trinajstić information content (AvgIpc) is 3.29. The molecule has 0 spiro atoms. The third-order valence-corrected chi connectivity index (χ3v) is 6.14. The van der Waals surface area contributed by atoms with E-state index in [0.717, 1.165) is 28.2 Å². The minimum atomic E-state index is -0.546. The lowest BCUT2D eigenvalue weighted by Gasteiger charge is -2.38. The van der Waals surface area contributed by atoms with Crippen LogP contribution in [-0.4, -0.2) is 32.0 Å². The van der Waals surface area contributed by atoms with E-state index in [9.17, 15) is 4.39 Å². The van der Waals surface area contributed by atoms with Gasteiger partial charge in [-0.2, -0.15) is 5.10 Å². The zero-order valence-electron chi connectivity index (χ0n) is 18.3. The Labute approximate surface area is 196 Å². The monoisotopic (exact) mass is 468 g/mol. The molecule has 2 aliphatic rings. The van der Waals surface area contributed by atoms with Crippen molar-refractivity contribution in [2.75, 3.05) is 21.3 Å². The molecule has 2 unspecified atom stereocenters. The van der Waals surface area contributed by atoms with Crippen molar-refractivity contribution in [3.63, 3.8) is 0 Å². The van der Waals surface area contributed by atoms with Gasteiger partial charge in [0.05, 0.1) is 33.1 Å². The number of methoxy groups -OCH3 is 3. The molecule has 0 N–H and O–H groups in total. The van der Waals surface area contributed by atoms with Gasteiger partial charge in [-0.1, -0.05) is 23.7 Å². The van der Waals surface area contributed by atoms with Crippen LogP contribution in [0.5, 0.6) is 23.0 Å². The van der Waals surface area contributed by atoms with Crippen molar-refractivity contribution in [3.05, 3.63) is 82.1 Å². The SMILES string of the molecule is COc1cc(C2Oc3ccc(Cl)cc3C3CC(c4ccc(F)cc4)=NN32)cc(OC)c1OC. The van der Waals surface area contributed by atoms with Gasteiger partial charge in [0.1, 0.15) is 11.6 Å². The molecule has 0 radical (unpaired) electrons. The zero-order chi connectivity index (χ0) is 23.1. The number of ether oxygens (including phenoxy) is 4. The van der Waals surface area contributed by atoms with Crippen molar-refractivity contribution in [1.29, 1.82) is 0 Å². The lowest BCUT2D eigenvalue weighted by Crippen LogP contribution is -2.33. The van der Waals surface area contributed by atoms with E-state index in [4.69, 9.17) is 35.6 Å². The highest BCUT2D eigenvalue weighted by molar-refractivity contribution is 6.30. The molecule has 3 aromatic rings. The number of nitrogens with zero attached hydrogens (tertiary/aromatic N) is 2. The minimum absolute atomic E-state index is 0.100. The Bertz CT molecular complexity index is 1210. The van der Waals surface area contributed by atoms with Gasteiger partial charge in [-0.15, -0.1) is 0 Å². The Morgan fingerprint density at radius 3 is 2.30 bits per heavy atom. The number of hydrogen-bond donors (Lipinski definition) is 0. The van der Waals surface area contributed by atoms with Crippen LogP contribution in [0.15, 0.2) is 59.7 Å². The van der Waals surface area contributed by atoms with Crippen LogP contribution in [0.25, 0.3) is 0 Å². The van der Waals surface area contributed by atoms with Gasteiger partial charge in [0, 0.05) is 22.6 Å². The van der Waals surface area contributed by atoms with Crippen LogP contribution < -0.4 is 18.9 Å². The third-order valence-electron chi connectivity index (χ3n) is 5.90. The first kappa shape index (κ1) is 21.4. The highest BCUT2D eigenvalue weighted by Crippen LogP contribution is 2.50. The predicted octanol–water partition coefficient (Wildman–Crippen LogP) is 5.75. The molecule has 0 aromatic heterocycles. The lowest BCUT2D eigenvalue weighted by atomic mass is 9.96. The highest BCUT2D eigenvalue weighted by atomic mass is 35.5. The van der Waals surface area contributed by atoms with Crippen LogP contribution in [0.2, 0.25) is 5.02 Å². The quantitative estimate of drug-likeness (QED) is 0.477. The van der Waals surface area contributed by atoms with E-state index in [2.05, 4.69) is 0 Å². The first-order chi connectivity index (χ1) is 16.0. The van der Waals surface area contributed by atoms with Crippen LogP contribution in [0.3, 0.4) is 0 Å². The molecule has 2 atom stereocenters. The standard InChI is InChI=1S/C25H22ClFN2O4/c1-30-22-10-15(11-23(31-2)24(22)32-3)25-29-20(18-12-16(26)6-9-21(18)33-25)13-19(28-29)14-4-7-17(27)8-5-14/h4-12,20,25H,13H2,1-3H3. The molecular weight excluding hydrogens is 447 g/mol. The molecule has 6 nitrogen and oxygen atoms in total. The van der Waals surface area contributed by atoms with Gasteiger partial charge < -0.3 is 18.9 Å². The largest absolute Gasteiger partial charge is 0.493 e. The van der Waals surface area contributed by atoms with Crippen LogP contribution in [0.4, 0.5) is 4.39 Å². The van der Waals surface area contributed by atoms with Gasteiger partial charge in [-0.3, -0.25) is 0 Å². The molecule has 2 heterocycles. The molecule has 5 rings (SSSR count). The van der Waals surface area contributed by atoms with Crippen molar-refractivity contribution < 1.29 is 23.3 Å². The summed E-state index contributed by atoms with van der Waals surface area (Å²) in [6, 6.07) is 15.5. The fraction of sp³-hybridized carbons (Fsp3) is 0.240. The molecule has 0 aliphatic carbocycles. The maximum Gasteiger partial charge on any atom is 0.214 e. The maximum atomic E-state index is 13.5. The molecule has 0 saturated carbocycles. The van der Waals surface area contributed by atoms with Crippen LogP contribution >= 0.6 is 11.6 Å². The van der Waals surface area contributed by atoms with Crippen molar-refractivity contribution in [3.8, 4) is 23.0 Å². The zero-order valence-corrected chi connectivity index (χ0v) is 19.1. The van der Waals surface area contributed by atoms with Gasteiger partial charge in [-0.25, -0.2) is 9.40 Å². The summed E-state index contributed by atoms with van der Waals surface area (Å²) in [6.45, 7) is 0. The minimum Gasteiger partial charge on any atom is -0.493 e. The number of benzene rings is 3. The van der Waals surface area contributed by atoms with Crippen molar-refractivity contribution >= 4 is 17.3 Å². The topological polar surface area (TPSA) is 52.5 Å². The fourth-order valence-electron chi connectivity index (χ4n) is 4.34. The lowest BCUT2D eigenvalue weighted by molar-refractivity contribution is -0.0192. The van der Waals surface area contributed by atoms with Crippen LogP contribution in [0.1, 0.15) is 35.4 Å². The summed E-state index contributed by atoms with van der Waals surface area (Å²) in [5, 5.41) is 7.44. The smallest absolute Gasteiger partial charge is 0.214 e. The number of fused-ring (bicyclic) bond motifs is 3. The molecule has 0 bridgehead atoms. The molecule has 0 saturated heterocycles. The van der Waals surface area contributed by atoms with Gasteiger partial charge in [0.2, 0.25) is 12.0 Å². The molecule has 170 valence electrons. The van der Waals surface area contributed by atoms with E-state index >= 15 is 0 Å². The predicted molar refractivity (Wildman–Crippen MR) is 123 cm³/mol. The van der Waals surface area contributed by atoms with E-state index in [-0.39, 0.29) is 11.9 Å². The van der Waals surface area contributed by atoms with Gasteiger partial charge in [-0.05, 0) is 48.0 Å². The summed E-state index contributed by atoms with van der Waals surface area (Å²) in [6.07, 6.45) is 0.0822. The number of hydrogen-bond acceptors (Lipinski definition) is 6. The summed E-state index contributed by atoms with van der Waals surface area (Å²) in [5.41, 5.74) is 3.44. The number of rotatable bonds is 5. The van der Waals surface area contributed by atoms with Gasteiger partial charge in [0.15, 0.2) is 11.5 Å². The summed E-state index contributed by atoms with van der Waals surface area (Å²) in [7, 11) is 4.71. The Morgan fingerprint density at radius 2 is 1.67 bits per heavy atom.